The van der Waals surface area contributed by atoms with Gasteiger partial charge < -0.3 is 4.98 Å². The topological polar surface area (TPSA) is 15.8 Å². The fourth-order valence-electron chi connectivity index (χ4n) is 2.11. The summed E-state index contributed by atoms with van der Waals surface area (Å²) >= 11 is 2.36. The summed E-state index contributed by atoms with van der Waals surface area (Å²) in [5.74, 6) is 2.69. The zero-order valence-corrected chi connectivity index (χ0v) is 11.7. The molecule has 0 fully saturated rings. The van der Waals surface area contributed by atoms with E-state index in [2.05, 4.69) is 57.8 Å². The van der Waals surface area contributed by atoms with Gasteiger partial charge in [0, 0.05) is 31.8 Å². The first-order valence-electron chi connectivity index (χ1n) is 5.62. The van der Waals surface area contributed by atoms with E-state index in [9.17, 15) is 0 Å². The molecule has 18 heavy (non-hydrogen) atoms. The number of aromatic nitrogens is 1. The average Bonchev–Trinajstić information content (AvgIpc) is 2.82. The molecule has 0 saturated heterocycles. The van der Waals surface area contributed by atoms with E-state index in [0.29, 0.717) is 0 Å². The molecule has 0 unspecified atom stereocenters. The van der Waals surface area contributed by atoms with Crippen LogP contribution in [0.15, 0.2) is 48.7 Å². The van der Waals surface area contributed by atoms with Crippen molar-refractivity contribution < 1.29 is 0 Å². The van der Waals surface area contributed by atoms with Crippen molar-refractivity contribution in [2.24, 2.45) is 0 Å². The first-order chi connectivity index (χ1) is 8.79. The van der Waals surface area contributed by atoms with E-state index in [0.717, 1.165) is 11.1 Å². The zero-order valence-electron chi connectivity index (χ0n) is 9.57. The third-order valence-electron chi connectivity index (χ3n) is 3.01. The van der Waals surface area contributed by atoms with Crippen molar-refractivity contribution in [3.8, 4) is 23.5 Å². The molecule has 86 valence electrons. The number of H-pyrrole nitrogens is 1. The third-order valence-corrected chi connectivity index (χ3v) is 3.95. The van der Waals surface area contributed by atoms with Gasteiger partial charge in [-0.3, -0.25) is 0 Å². The van der Waals surface area contributed by atoms with Gasteiger partial charge in [-0.1, -0.05) is 24.1 Å². The Morgan fingerprint density at radius 2 is 1.89 bits per heavy atom. The van der Waals surface area contributed by atoms with Crippen LogP contribution in [0, 0.1) is 15.9 Å². The SMILES string of the molecule is C#Cc1ccc2[nH]cc(-c3ccccc3I)c2c1. The summed E-state index contributed by atoms with van der Waals surface area (Å²) in [6.07, 6.45) is 7.51. The quantitative estimate of drug-likeness (QED) is 0.497. The zero-order chi connectivity index (χ0) is 12.5. The lowest BCUT2D eigenvalue weighted by atomic mass is 10.0. The lowest BCUT2D eigenvalue weighted by molar-refractivity contribution is 1.47. The molecule has 2 heteroatoms. The van der Waals surface area contributed by atoms with Crippen molar-refractivity contribution in [3.63, 3.8) is 0 Å². The number of hydrogen-bond donors (Lipinski definition) is 1. The Balaban J connectivity index is 2.31. The minimum absolute atomic E-state index is 0.911. The Kier molecular flexibility index (Phi) is 2.85. The van der Waals surface area contributed by atoms with Crippen LogP contribution >= 0.6 is 22.6 Å². The van der Waals surface area contributed by atoms with Crippen LogP contribution in [-0.4, -0.2) is 4.98 Å². The van der Waals surface area contributed by atoms with E-state index in [1.807, 2.05) is 24.4 Å². The molecule has 1 heterocycles. The molecule has 0 spiro atoms. The molecule has 0 aliphatic rings. The van der Waals surface area contributed by atoms with Crippen LogP contribution < -0.4 is 0 Å². The lowest BCUT2D eigenvalue weighted by Crippen LogP contribution is -1.81. The summed E-state index contributed by atoms with van der Waals surface area (Å²) in [5.41, 5.74) is 4.46. The second-order valence-electron chi connectivity index (χ2n) is 4.09. The third kappa shape index (κ3) is 1.81. The van der Waals surface area contributed by atoms with Crippen LogP contribution in [0.1, 0.15) is 5.56 Å². The lowest BCUT2D eigenvalue weighted by Gasteiger charge is -2.03. The summed E-state index contributed by atoms with van der Waals surface area (Å²) in [4.78, 5) is 3.29. The van der Waals surface area contributed by atoms with Gasteiger partial charge in [0.05, 0.1) is 0 Å². The number of aromatic amines is 1. The van der Waals surface area contributed by atoms with E-state index in [1.165, 1.54) is 20.1 Å². The molecule has 0 aliphatic carbocycles. The van der Waals surface area contributed by atoms with Gasteiger partial charge in [0.2, 0.25) is 0 Å². The van der Waals surface area contributed by atoms with Crippen LogP contribution in [-0.2, 0) is 0 Å². The van der Waals surface area contributed by atoms with Crippen LogP contribution in [0.5, 0.6) is 0 Å². The molecule has 2 aromatic carbocycles. The highest BCUT2D eigenvalue weighted by Crippen LogP contribution is 2.32. The number of rotatable bonds is 1. The Bertz CT molecular complexity index is 762. The Hall–Kier alpha value is -1.73. The van der Waals surface area contributed by atoms with Gasteiger partial charge in [-0.15, -0.1) is 6.42 Å². The van der Waals surface area contributed by atoms with Crippen LogP contribution in [0.25, 0.3) is 22.0 Å². The van der Waals surface area contributed by atoms with E-state index < -0.39 is 0 Å². The molecule has 0 atom stereocenters. The van der Waals surface area contributed by atoms with E-state index in [1.54, 1.807) is 0 Å². The van der Waals surface area contributed by atoms with Gasteiger partial charge in [0.1, 0.15) is 0 Å². The molecule has 0 amide bonds. The van der Waals surface area contributed by atoms with Crippen LogP contribution in [0.2, 0.25) is 0 Å². The predicted molar refractivity (Wildman–Crippen MR) is 84.4 cm³/mol. The van der Waals surface area contributed by atoms with Gasteiger partial charge in [-0.2, -0.15) is 0 Å². The van der Waals surface area contributed by atoms with Gasteiger partial charge in [-0.05, 0) is 52.4 Å². The van der Waals surface area contributed by atoms with Crippen molar-refractivity contribution in [1.82, 2.24) is 4.98 Å². The molecular formula is C16H10IN. The molecule has 0 radical (unpaired) electrons. The minimum Gasteiger partial charge on any atom is -0.361 e. The largest absolute Gasteiger partial charge is 0.361 e. The van der Waals surface area contributed by atoms with Crippen molar-refractivity contribution >= 4 is 33.5 Å². The maximum Gasteiger partial charge on any atom is 0.0461 e. The maximum absolute atomic E-state index is 5.47. The molecule has 3 rings (SSSR count). The highest BCUT2D eigenvalue weighted by atomic mass is 127. The average molecular weight is 343 g/mol. The highest BCUT2D eigenvalue weighted by molar-refractivity contribution is 14.1. The second kappa shape index (κ2) is 4.51. The van der Waals surface area contributed by atoms with E-state index in [4.69, 9.17) is 6.42 Å². The number of terminal acetylenes is 1. The van der Waals surface area contributed by atoms with Gasteiger partial charge in [0.25, 0.3) is 0 Å². The molecule has 0 aliphatic heterocycles. The molecule has 1 N–H and O–H groups in total. The van der Waals surface area contributed by atoms with E-state index in [-0.39, 0.29) is 0 Å². The Labute approximate surface area is 119 Å². The number of hydrogen-bond acceptors (Lipinski definition) is 0. The molecule has 3 aromatic rings. The van der Waals surface area contributed by atoms with Gasteiger partial charge in [-0.25, -0.2) is 0 Å². The van der Waals surface area contributed by atoms with Crippen LogP contribution in [0.3, 0.4) is 0 Å². The number of fused-ring (bicyclic) bond motifs is 1. The number of benzene rings is 2. The molecule has 0 saturated carbocycles. The van der Waals surface area contributed by atoms with Crippen molar-refractivity contribution in [2.75, 3.05) is 0 Å². The predicted octanol–water partition coefficient (Wildman–Crippen LogP) is 4.42. The normalized spacial score (nSPS) is 10.4. The van der Waals surface area contributed by atoms with Crippen molar-refractivity contribution in [3.05, 3.63) is 57.8 Å². The monoisotopic (exact) mass is 343 g/mol. The Morgan fingerprint density at radius 3 is 2.67 bits per heavy atom. The Morgan fingerprint density at radius 1 is 1.06 bits per heavy atom. The second-order valence-corrected chi connectivity index (χ2v) is 5.25. The van der Waals surface area contributed by atoms with E-state index >= 15 is 0 Å². The highest BCUT2D eigenvalue weighted by Gasteiger charge is 2.08. The summed E-state index contributed by atoms with van der Waals surface area (Å²) in [6, 6.07) is 14.4. The van der Waals surface area contributed by atoms with Crippen molar-refractivity contribution in [2.45, 2.75) is 0 Å². The number of halogens is 1. The fourth-order valence-corrected chi connectivity index (χ4v) is 2.79. The van der Waals surface area contributed by atoms with Crippen LogP contribution in [0.4, 0.5) is 0 Å². The first-order valence-corrected chi connectivity index (χ1v) is 6.70. The standard InChI is InChI=1S/C16H10IN/c1-2-11-7-8-16-13(9-11)14(10-18-16)12-5-3-4-6-15(12)17/h1,3-10,18H. The van der Waals surface area contributed by atoms with Gasteiger partial charge in [0.15, 0.2) is 0 Å². The number of nitrogens with one attached hydrogen (secondary N) is 1. The smallest absolute Gasteiger partial charge is 0.0461 e. The fraction of sp³-hybridized carbons (Fsp3) is 0. The maximum atomic E-state index is 5.47. The van der Waals surface area contributed by atoms with Gasteiger partial charge >= 0.3 is 0 Å². The molecule has 1 nitrogen and oxygen atoms in total. The van der Waals surface area contributed by atoms with Crippen molar-refractivity contribution in [1.29, 1.82) is 0 Å². The summed E-state index contributed by atoms with van der Waals surface area (Å²) < 4.78 is 1.24. The minimum atomic E-state index is 0.911. The molecule has 1 aromatic heterocycles. The molecule has 0 bridgehead atoms. The summed E-state index contributed by atoms with van der Waals surface area (Å²) in [6.45, 7) is 0. The molecular weight excluding hydrogens is 333 g/mol. The first kappa shape index (κ1) is 11.4. The summed E-state index contributed by atoms with van der Waals surface area (Å²) in [7, 11) is 0. The summed E-state index contributed by atoms with van der Waals surface area (Å²) in [5, 5.41) is 1.18.